The molecule has 2 aliphatic heterocycles. The zero-order valence-electron chi connectivity index (χ0n) is 11.1. The maximum Gasteiger partial charge on any atom is 0.310 e. The molecule has 0 amide bonds. The van der Waals surface area contributed by atoms with E-state index in [1.54, 1.807) is 6.92 Å². The summed E-state index contributed by atoms with van der Waals surface area (Å²) in [6, 6.07) is -0.373. The molecular weight excluding hydrogens is 270 g/mol. The van der Waals surface area contributed by atoms with Gasteiger partial charge in [-0.05, 0) is 26.3 Å². The van der Waals surface area contributed by atoms with E-state index in [0.29, 0.717) is 13.2 Å². The molecule has 19 heavy (non-hydrogen) atoms. The van der Waals surface area contributed by atoms with Gasteiger partial charge in [0.15, 0.2) is 9.84 Å². The molecule has 110 valence electrons. The molecule has 0 aromatic carbocycles. The smallest absolute Gasteiger partial charge is 0.310 e. The molecule has 0 bridgehead atoms. The van der Waals surface area contributed by atoms with E-state index in [4.69, 9.17) is 4.74 Å². The Hall–Kier alpha value is -0.660. The molecule has 6 nitrogen and oxygen atoms in total. The molecule has 3 atom stereocenters. The van der Waals surface area contributed by atoms with Crippen LogP contribution in [0.1, 0.15) is 19.8 Å². The van der Waals surface area contributed by atoms with Crippen molar-refractivity contribution in [2.75, 3.05) is 31.2 Å². The lowest BCUT2D eigenvalue weighted by Gasteiger charge is -2.36. The SMILES string of the molecule is CCOC(=O)[C@H]1CCCN([C@H]2CS(=O)(=O)C[C@H]2O)C1. The minimum absolute atomic E-state index is 0.0102. The van der Waals surface area contributed by atoms with Crippen molar-refractivity contribution in [2.24, 2.45) is 5.92 Å². The molecule has 7 heteroatoms. The molecule has 2 rings (SSSR count). The minimum atomic E-state index is -3.15. The van der Waals surface area contributed by atoms with Gasteiger partial charge in [0.05, 0.1) is 36.2 Å². The number of sulfone groups is 1. The molecule has 2 fully saturated rings. The van der Waals surface area contributed by atoms with Crippen molar-refractivity contribution < 1.29 is 23.1 Å². The number of aliphatic hydroxyl groups is 1. The summed E-state index contributed by atoms with van der Waals surface area (Å²) in [6.07, 6.45) is 0.753. The topological polar surface area (TPSA) is 83.9 Å². The number of carbonyl (C=O) groups excluding carboxylic acids is 1. The Balaban J connectivity index is 2.00. The van der Waals surface area contributed by atoms with Crippen LogP contribution in [0.2, 0.25) is 0 Å². The Morgan fingerprint density at radius 3 is 2.74 bits per heavy atom. The molecule has 0 aromatic rings. The molecule has 1 N–H and O–H groups in total. The average Bonchev–Trinajstić information content (AvgIpc) is 2.63. The van der Waals surface area contributed by atoms with Gasteiger partial charge in [-0.3, -0.25) is 9.69 Å². The molecule has 2 heterocycles. The van der Waals surface area contributed by atoms with Crippen LogP contribution in [0.25, 0.3) is 0 Å². The first-order chi connectivity index (χ1) is 8.93. The van der Waals surface area contributed by atoms with E-state index >= 15 is 0 Å². The second kappa shape index (κ2) is 5.76. The number of likely N-dealkylation sites (tertiary alicyclic amines) is 1. The number of piperidine rings is 1. The van der Waals surface area contributed by atoms with Crippen LogP contribution in [0, 0.1) is 5.92 Å². The number of nitrogens with zero attached hydrogens (tertiary/aromatic N) is 1. The van der Waals surface area contributed by atoms with Gasteiger partial charge in [-0.15, -0.1) is 0 Å². The number of esters is 1. The van der Waals surface area contributed by atoms with E-state index in [1.807, 2.05) is 4.90 Å². The first-order valence-corrected chi connectivity index (χ1v) is 8.54. The fourth-order valence-corrected chi connectivity index (χ4v) is 4.75. The van der Waals surface area contributed by atoms with Crippen molar-refractivity contribution in [3.8, 4) is 0 Å². The van der Waals surface area contributed by atoms with E-state index in [9.17, 15) is 18.3 Å². The number of hydrogen-bond acceptors (Lipinski definition) is 6. The summed E-state index contributed by atoms with van der Waals surface area (Å²) < 4.78 is 28.1. The van der Waals surface area contributed by atoms with Gasteiger partial charge in [-0.25, -0.2) is 8.42 Å². The molecular formula is C12H21NO5S. The van der Waals surface area contributed by atoms with Crippen molar-refractivity contribution in [3.05, 3.63) is 0 Å². The average molecular weight is 291 g/mol. The van der Waals surface area contributed by atoms with Crippen LogP contribution in [0.4, 0.5) is 0 Å². The second-order valence-corrected chi connectivity index (χ2v) is 7.45. The molecule has 0 radical (unpaired) electrons. The van der Waals surface area contributed by atoms with E-state index in [1.165, 1.54) is 0 Å². The highest BCUT2D eigenvalue weighted by molar-refractivity contribution is 7.91. The van der Waals surface area contributed by atoms with E-state index in [2.05, 4.69) is 0 Å². The maximum absolute atomic E-state index is 11.7. The summed E-state index contributed by atoms with van der Waals surface area (Å²) in [6.45, 7) is 3.34. The van der Waals surface area contributed by atoms with Crippen molar-refractivity contribution in [3.63, 3.8) is 0 Å². The van der Waals surface area contributed by atoms with Crippen molar-refractivity contribution in [2.45, 2.75) is 31.9 Å². The summed E-state index contributed by atoms with van der Waals surface area (Å²) >= 11 is 0. The number of aliphatic hydroxyl groups excluding tert-OH is 1. The predicted octanol–water partition coefficient (Wildman–Crippen LogP) is -0.581. The normalized spacial score (nSPS) is 35.2. The third kappa shape index (κ3) is 3.46. The highest BCUT2D eigenvalue weighted by Gasteiger charge is 2.42. The molecule has 2 aliphatic rings. The third-order valence-electron chi connectivity index (χ3n) is 3.84. The van der Waals surface area contributed by atoms with Crippen LogP contribution < -0.4 is 0 Å². The van der Waals surface area contributed by atoms with Gasteiger partial charge >= 0.3 is 5.97 Å². The lowest BCUT2D eigenvalue weighted by Crippen LogP contribution is -2.49. The van der Waals surface area contributed by atoms with Crippen LogP contribution >= 0.6 is 0 Å². The number of carbonyl (C=O) groups is 1. The van der Waals surface area contributed by atoms with Crippen LogP contribution in [-0.4, -0.2) is 67.7 Å². The fourth-order valence-electron chi connectivity index (χ4n) is 2.92. The lowest BCUT2D eigenvalue weighted by atomic mass is 9.96. The summed E-state index contributed by atoms with van der Waals surface area (Å²) in [5.41, 5.74) is 0. The molecule has 0 unspecified atom stereocenters. The largest absolute Gasteiger partial charge is 0.466 e. The number of rotatable bonds is 3. The monoisotopic (exact) mass is 291 g/mol. The lowest BCUT2D eigenvalue weighted by molar-refractivity contribution is -0.150. The maximum atomic E-state index is 11.7. The Kier molecular flexibility index (Phi) is 4.47. The summed E-state index contributed by atoms with van der Waals surface area (Å²) in [5.74, 6) is -0.603. The van der Waals surface area contributed by atoms with Gasteiger partial charge in [-0.1, -0.05) is 0 Å². The molecule has 0 aliphatic carbocycles. The van der Waals surface area contributed by atoms with Crippen molar-refractivity contribution >= 4 is 15.8 Å². The Morgan fingerprint density at radius 1 is 1.42 bits per heavy atom. The zero-order chi connectivity index (χ0) is 14.0. The van der Waals surface area contributed by atoms with Gasteiger partial charge in [0.2, 0.25) is 0 Å². The Morgan fingerprint density at radius 2 is 2.16 bits per heavy atom. The Labute approximate surface area is 113 Å². The standard InChI is InChI=1S/C12H21NO5S/c1-2-18-12(15)9-4-3-5-13(6-9)10-7-19(16,17)8-11(10)14/h9-11,14H,2-8H2,1H3/t9-,10-,11+/m0/s1. The van der Waals surface area contributed by atoms with Gasteiger partial charge in [0.1, 0.15) is 0 Å². The third-order valence-corrected chi connectivity index (χ3v) is 5.53. The van der Waals surface area contributed by atoms with Crippen LogP contribution in [-0.2, 0) is 19.4 Å². The van der Waals surface area contributed by atoms with Crippen LogP contribution in [0.5, 0.6) is 0 Å². The van der Waals surface area contributed by atoms with E-state index in [0.717, 1.165) is 19.4 Å². The molecule has 0 spiro atoms. The van der Waals surface area contributed by atoms with Crippen LogP contribution in [0.15, 0.2) is 0 Å². The predicted molar refractivity (Wildman–Crippen MR) is 69.4 cm³/mol. The van der Waals surface area contributed by atoms with Crippen LogP contribution in [0.3, 0.4) is 0 Å². The van der Waals surface area contributed by atoms with Crippen molar-refractivity contribution in [1.82, 2.24) is 4.90 Å². The Bertz CT molecular complexity index is 435. The highest BCUT2D eigenvalue weighted by Crippen LogP contribution is 2.25. The van der Waals surface area contributed by atoms with Gasteiger partial charge < -0.3 is 9.84 Å². The molecule has 0 aromatic heterocycles. The zero-order valence-corrected chi connectivity index (χ0v) is 11.9. The second-order valence-electron chi connectivity index (χ2n) is 5.30. The summed E-state index contributed by atoms with van der Waals surface area (Å²) in [5, 5.41) is 9.87. The minimum Gasteiger partial charge on any atom is -0.466 e. The first kappa shape index (κ1) is 14.7. The molecule has 2 saturated heterocycles. The summed E-state index contributed by atoms with van der Waals surface area (Å²) in [4.78, 5) is 13.7. The highest BCUT2D eigenvalue weighted by atomic mass is 32.2. The fraction of sp³-hybridized carbons (Fsp3) is 0.917. The molecule has 0 saturated carbocycles. The van der Waals surface area contributed by atoms with E-state index in [-0.39, 0.29) is 29.4 Å². The van der Waals surface area contributed by atoms with Crippen molar-refractivity contribution in [1.29, 1.82) is 0 Å². The van der Waals surface area contributed by atoms with E-state index < -0.39 is 15.9 Å². The first-order valence-electron chi connectivity index (χ1n) is 6.72. The summed E-state index contributed by atoms with van der Waals surface area (Å²) in [7, 11) is -3.15. The number of ether oxygens (including phenoxy) is 1. The van der Waals surface area contributed by atoms with Gasteiger partial charge in [-0.2, -0.15) is 0 Å². The van der Waals surface area contributed by atoms with Gasteiger partial charge in [0.25, 0.3) is 0 Å². The van der Waals surface area contributed by atoms with Gasteiger partial charge in [0, 0.05) is 6.54 Å². The quantitative estimate of drug-likeness (QED) is 0.700. The number of hydrogen-bond donors (Lipinski definition) is 1.